The fourth-order valence-corrected chi connectivity index (χ4v) is 1.84. The molecule has 0 aliphatic carbocycles. The van der Waals surface area contributed by atoms with Crippen LogP contribution < -0.4 is 0 Å². The summed E-state index contributed by atoms with van der Waals surface area (Å²) in [6.45, 7) is 4.12. The molecule has 0 N–H and O–H groups in total. The van der Waals surface area contributed by atoms with Crippen LogP contribution in [0.15, 0.2) is 18.2 Å². The van der Waals surface area contributed by atoms with Gasteiger partial charge in [0.2, 0.25) is 0 Å². The van der Waals surface area contributed by atoms with E-state index in [1.54, 1.807) is 14.7 Å². The topological polar surface area (TPSA) is 12.5 Å². The normalized spacial score (nSPS) is 15.8. The van der Waals surface area contributed by atoms with Crippen molar-refractivity contribution in [1.29, 1.82) is 0 Å². The first kappa shape index (κ1) is 8.79. The van der Waals surface area contributed by atoms with Crippen molar-refractivity contribution in [2.45, 2.75) is 20.0 Å². The summed E-state index contributed by atoms with van der Waals surface area (Å²) in [5.41, 5.74) is 4.26. The molecule has 2 nitrogen and oxygen atoms in total. The van der Waals surface area contributed by atoms with E-state index in [-0.39, 0.29) is 0 Å². The van der Waals surface area contributed by atoms with E-state index in [0.717, 1.165) is 13.1 Å². The molecule has 0 bridgehead atoms. The van der Waals surface area contributed by atoms with E-state index in [1.807, 2.05) is 0 Å². The van der Waals surface area contributed by atoms with Crippen LogP contribution in [0.5, 0.6) is 0 Å². The number of benzene rings is 1. The SMILES string of the molecule is CO[B]N1Cc2cccc(C)c2C1. The second-order valence-electron chi connectivity index (χ2n) is 3.46. The Balaban J connectivity index is 2.20. The summed E-state index contributed by atoms with van der Waals surface area (Å²) >= 11 is 0. The maximum atomic E-state index is 5.00. The van der Waals surface area contributed by atoms with Crippen LogP contribution in [0.2, 0.25) is 0 Å². The van der Waals surface area contributed by atoms with Gasteiger partial charge in [0.25, 0.3) is 0 Å². The van der Waals surface area contributed by atoms with Gasteiger partial charge < -0.3 is 9.47 Å². The average Bonchev–Trinajstić information content (AvgIpc) is 2.49. The molecule has 0 spiro atoms. The molecule has 1 heterocycles. The number of fused-ring (bicyclic) bond motifs is 1. The van der Waals surface area contributed by atoms with Gasteiger partial charge in [0, 0.05) is 20.2 Å². The molecule has 67 valence electrons. The van der Waals surface area contributed by atoms with Crippen molar-refractivity contribution in [2.24, 2.45) is 0 Å². The minimum atomic E-state index is 0.977. The molecule has 0 amide bonds. The number of nitrogens with zero attached hydrogens (tertiary/aromatic N) is 1. The molecule has 1 aromatic carbocycles. The lowest BCUT2D eigenvalue weighted by Gasteiger charge is -2.09. The molecule has 1 aromatic rings. The molecule has 2 rings (SSSR count). The highest BCUT2D eigenvalue weighted by atomic mass is 16.4. The summed E-state index contributed by atoms with van der Waals surface area (Å²) in [5.74, 6) is 0. The van der Waals surface area contributed by atoms with E-state index >= 15 is 0 Å². The summed E-state index contributed by atoms with van der Waals surface area (Å²) in [5, 5.41) is 0. The van der Waals surface area contributed by atoms with Crippen LogP contribution in [0.1, 0.15) is 16.7 Å². The maximum absolute atomic E-state index is 5.00. The Morgan fingerprint density at radius 3 is 2.92 bits per heavy atom. The Bertz CT molecular complexity index is 314. The molecule has 1 aliphatic rings. The number of hydrogen-bond acceptors (Lipinski definition) is 2. The minimum absolute atomic E-state index is 0.977. The van der Waals surface area contributed by atoms with Crippen LogP contribution in [-0.4, -0.2) is 19.5 Å². The predicted molar refractivity (Wildman–Crippen MR) is 53.2 cm³/mol. The second kappa shape index (κ2) is 3.52. The summed E-state index contributed by atoms with van der Waals surface area (Å²) in [6.07, 6.45) is 0. The highest BCUT2D eigenvalue weighted by Gasteiger charge is 2.20. The van der Waals surface area contributed by atoms with Crippen molar-refractivity contribution in [3.63, 3.8) is 0 Å². The van der Waals surface area contributed by atoms with E-state index in [2.05, 4.69) is 29.9 Å². The van der Waals surface area contributed by atoms with Gasteiger partial charge in [0.1, 0.15) is 0 Å². The van der Waals surface area contributed by atoms with Gasteiger partial charge in [-0.15, -0.1) is 0 Å². The molecule has 0 saturated carbocycles. The Kier molecular flexibility index (Phi) is 2.38. The molecule has 0 unspecified atom stereocenters. The van der Waals surface area contributed by atoms with Crippen LogP contribution in [-0.2, 0) is 17.7 Å². The standard InChI is InChI=1S/C10H13BNO/c1-8-4-3-5-9-6-12(11-13-2)7-10(8)9/h3-5H,6-7H2,1-2H3. The lowest BCUT2D eigenvalue weighted by molar-refractivity contribution is 0.345. The van der Waals surface area contributed by atoms with Crippen molar-refractivity contribution >= 4 is 7.62 Å². The molecule has 0 atom stereocenters. The van der Waals surface area contributed by atoms with Crippen molar-refractivity contribution in [2.75, 3.05) is 7.11 Å². The molecular weight excluding hydrogens is 161 g/mol. The highest BCUT2D eigenvalue weighted by molar-refractivity contribution is 6.23. The van der Waals surface area contributed by atoms with Gasteiger partial charge in [-0.25, -0.2) is 0 Å². The smallest absolute Gasteiger partial charge is 0.399 e. The zero-order valence-corrected chi connectivity index (χ0v) is 8.08. The van der Waals surface area contributed by atoms with Crippen LogP contribution in [0.4, 0.5) is 0 Å². The molecule has 1 aliphatic heterocycles. The van der Waals surface area contributed by atoms with Gasteiger partial charge in [0.05, 0.1) is 0 Å². The predicted octanol–water partition coefficient (Wildman–Crippen LogP) is 1.49. The van der Waals surface area contributed by atoms with Gasteiger partial charge in [-0.2, -0.15) is 0 Å². The third-order valence-electron chi connectivity index (χ3n) is 2.50. The quantitative estimate of drug-likeness (QED) is 0.629. The molecule has 0 saturated heterocycles. The summed E-state index contributed by atoms with van der Waals surface area (Å²) in [6, 6.07) is 6.46. The number of aryl methyl sites for hydroxylation is 1. The van der Waals surface area contributed by atoms with Gasteiger partial charge in [-0.05, 0) is 23.6 Å². The van der Waals surface area contributed by atoms with Crippen molar-refractivity contribution in [3.8, 4) is 0 Å². The van der Waals surface area contributed by atoms with Gasteiger partial charge in [-0.3, -0.25) is 0 Å². The largest absolute Gasteiger partial charge is 0.427 e. The minimum Gasteiger partial charge on any atom is -0.427 e. The van der Waals surface area contributed by atoms with Crippen LogP contribution >= 0.6 is 0 Å². The van der Waals surface area contributed by atoms with E-state index in [4.69, 9.17) is 4.65 Å². The summed E-state index contributed by atoms with van der Waals surface area (Å²) in [7, 11) is 3.48. The number of rotatable bonds is 2. The molecule has 1 radical (unpaired) electrons. The van der Waals surface area contributed by atoms with Gasteiger partial charge in [0.15, 0.2) is 0 Å². The maximum Gasteiger partial charge on any atom is 0.399 e. The first-order valence-corrected chi connectivity index (χ1v) is 4.49. The molecular formula is C10H13BNO. The van der Waals surface area contributed by atoms with Crippen molar-refractivity contribution in [1.82, 2.24) is 4.81 Å². The molecule has 0 fully saturated rings. The van der Waals surface area contributed by atoms with Crippen LogP contribution in [0.3, 0.4) is 0 Å². The van der Waals surface area contributed by atoms with E-state index < -0.39 is 0 Å². The van der Waals surface area contributed by atoms with Crippen LogP contribution in [0.25, 0.3) is 0 Å². The first-order chi connectivity index (χ1) is 6.31. The third kappa shape index (κ3) is 1.62. The van der Waals surface area contributed by atoms with Gasteiger partial charge in [-0.1, -0.05) is 18.2 Å². The lowest BCUT2D eigenvalue weighted by atomic mass is 10.1. The molecule has 0 aromatic heterocycles. The van der Waals surface area contributed by atoms with Crippen molar-refractivity contribution < 1.29 is 4.65 Å². The fourth-order valence-electron chi connectivity index (χ4n) is 1.84. The van der Waals surface area contributed by atoms with E-state index in [1.165, 1.54) is 16.7 Å². The molecule has 3 heteroatoms. The third-order valence-corrected chi connectivity index (χ3v) is 2.50. The molecule has 13 heavy (non-hydrogen) atoms. The fraction of sp³-hybridized carbons (Fsp3) is 0.400. The average molecular weight is 174 g/mol. The second-order valence-corrected chi connectivity index (χ2v) is 3.46. The van der Waals surface area contributed by atoms with E-state index in [0.29, 0.717) is 0 Å². The first-order valence-electron chi connectivity index (χ1n) is 4.49. The monoisotopic (exact) mass is 174 g/mol. The Labute approximate surface area is 79.8 Å². The Hall–Kier alpha value is -0.795. The zero-order chi connectivity index (χ0) is 9.26. The van der Waals surface area contributed by atoms with E-state index in [9.17, 15) is 0 Å². The summed E-state index contributed by atoms with van der Waals surface area (Å²) < 4.78 is 5.00. The van der Waals surface area contributed by atoms with Gasteiger partial charge >= 0.3 is 7.62 Å². The Morgan fingerprint density at radius 1 is 1.38 bits per heavy atom. The highest BCUT2D eigenvalue weighted by Crippen LogP contribution is 2.24. The zero-order valence-electron chi connectivity index (χ0n) is 8.08. The summed E-state index contributed by atoms with van der Waals surface area (Å²) in [4.78, 5) is 2.18. The van der Waals surface area contributed by atoms with Crippen LogP contribution in [0, 0.1) is 6.92 Å². The Morgan fingerprint density at radius 2 is 2.23 bits per heavy atom. The lowest BCUT2D eigenvalue weighted by Crippen LogP contribution is -2.22. The van der Waals surface area contributed by atoms with Crippen molar-refractivity contribution in [3.05, 3.63) is 34.9 Å². The number of hydrogen-bond donors (Lipinski definition) is 0.